The van der Waals surface area contributed by atoms with E-state index in [-0.39, 0.29) is 6.04 Å². The second-order valence-corrected chi connectivity index (χ2v) is 4.39. The van der Waals surface area contributed by atoms with Crippen LogP contribution in [0.2, 0.25) is 0 Å². The van der Waals surface area contributed by atoms with Crippen LogP contribution in [-0.2, 0) is 0 Å². The molecule has 0 bridgehead atoms. The van der Waals surface area contributed by atoms with Gasteiger partial charge >= 0.3 is 0 Å². The zero-order valence-corrected chi connectivity index (χ0v) is 10.6. The molecule has 1 atom stereocenters. The van der Waals surface area contributed by atoms with E-state index in [1.165, 1.54) is 5.56 Å². The monoisotopic (exact) mass is 250 g/mol. The number of hydrogen-bond donors (Lipinski definition) is 1. The molecule has 94 valence electrons. The fourth-order valence-corrected chi connectivity index (χ4v) is 2.05. The minimum Gasteiger partial charge on any atom is -0.363 e. The van der Waals surface area contributed by atoms with Crippen molar-refractivity contribution >= 4 is 16.7 Å². The lowest BCUT2D eigenvalue weighted by Crippen LogP contribution is -2.08. The average molecular weight is 250 g/mol. The second-order valence-electron chi connectivity index (χ2n) is 4.39. The van der Waals surface area contributed by atoms with Crippen molar-refractivity contribution < 1.29 is 0 Å². The molecule has 3 rings (SSSR count). The Hall–Kier alpha value is -2.49. The van der Waals surface area contributed by atoms with Crippen LogP contribution in [0.3, 0.4) is 0 Å². The molecule has 1 unspecified atom stereocenters. The Morgan fingerprint density at radius 1 is 1.05 bits per heavy atom. The fraction of sp³-hybridized carbons (Fsp3) is 0.133. The van der Waals surface area contributed by atoms with Crippen LogP contribution >= 0.6 is 0 Å². The largest absolute Gasteiger partial charge is 0.363 e. The standard InChI is InChI=1S/C15H14N4/c1-11(12-5-3-2-4-6-12)19-15-13-9-16-8-7-14(13)17-10-18-15/h2-11H,1H3,(H,17,18,19). The summed E-state index contributed by atoms with van der Waals surface area (Å²) < 4.78 is 0. The third-order valence-electron chi connectivity index (χ3n) is 3.09. The third-order valence-corrected chi connectivity index (χ3v) is 3.09. The maximum absolute atomic E-state index is 4.31. The Kier molecular flexibility index (Phi) is 3.06. The summed E-state index contributed by atoms with van der Waals surface area (Å²) in [6.45, 7) is 2.11. The number of benzene rings is 1. The molecule has 0 saturated carbocycles. The van der Waals surface area contributed by atoms with Crippen molar-refractivity contribution in [2.75, 3.05) is 5.32 Å². The number of nitrogens with one attached hydrogen (secondary N) is 1. The molecule has 0 radical (unpaired) electrons. The molecule has 0 fully saturated rings. The van der Waals surface area contributed by atoms with Crippen LogP contribution in [-0.4, -0.2) is 15.0 Å². The van der Waals surface area contributed by atoms with Crippen LogP contribution in [0.15, 0.2) is 55.1 Å². The third kappa shape index (κ3) is 2.38. The van der Waals surface area contributed by atoms with Gasteiger partial charge in [0, 0.05) is 18.4 Å². The first-order valence-corrected chi connectivity index (χ1v) is 6.21. The van der Waals surface area contributed by atoms with Gasteiger partial charge in [-0.3, -0.25) is 4.98 Å². The highest BCUT2D eigenvalue weighted by molar-refractivity contribution is 5.87. The Labute approximate surface area is 111 Å². The Bertz CT molecular complexity index is 677. The number of nitrogens with zero attached hydrogens (tertiary/aromatic N) is 3. The van der Waals surface area contributed by atoms with Gasteiger partial charge in [-0.1, -0.05) is 30.3 Å². The Morgan fingerprint density at radius 3 is 2.74 bits per heavy atom. The van der Waals surface area contributed by atoms with Crippen molar-refractivity contribution in [3.8, 4) is 0 Å². The van der Waals surface area contributed by atoms with Crippen molar-refractivity contribution in [2.45, 2.75) is 13.0 Å². The second kappa shape index (κ2) is 5.02. The van der Waals surface area contributed by atoms with Crippen molar-refractivity contribution in [3.05, 3.63) is 60.7 Å². The quantitative estimate of drug-likeness (QED) is 0.775. The molecule has 1 N–H and O–H groups in total. The fourth-order valence-electron chi connectivity index (χ4n) is 2.05. The maximum atomic E-state index is 4.31. The summed E-state index contributed by atoms with van der Waals surface area (Å²) in [7, 11) is 0. The van der Waals surface area contributed by atoms with E-state index in [0.717, 1.165) is 16.7 Å². The first-order chi connectivity index (χ1) is 9.34. The van der Waals surface area contributed by atoms with E-state index >= 15 is 0 Å². The van der Waals surface area contributed by atoms with Crippen LogP contribution < -0.4 is 5.32 Å². The minimum atomic E-state index is 0.180. The summed E-state index contributed by atoms with van der Waals surface area (Å²) in [4.78, 5) is 12.7. The predicted octanol–water partition coefficient (Wildman–Crippen LogP) is 3.20. The van der Waals surface area contributed by atoms with Crippen LogP contribution in [0.4, 0.5) is 5.82 Å². The van der Waals surface area contributed by atoms with Gasteiger partial charge < -0.3 is 5.32 Å². The molecule has 0 aliphatic rings. The minimum absolute atomic E-state index is 0.180. The molecule has 0 aliphatic heterocycles. The van der Waals surface area contributed by atoms with E-state index in [1.54, 1.807) is 18.7 Å². The Balaban J connectivity index is 1.94. The van der Waals surface area contributed by atoms with Gasteiger partial charge in [-0.05, 0) is 18.6 Å². The summed E-state index contributed by atoms with van der Waals surface area (Å²) in [5.74, 6) is 0.814. The van der Waals surface area contributed by atoms with Gasteiger partial charge in [-0.2, -0.15) is 0 Å². The molecule has 2 aromatic heterocycles. The van der Waals surface area contributed by atoms with Gasteiger partial charge in [-0.15, -0.1) is 0 Å². The lowest BCUT2D eigenvalue weighted by atomic mass is 10.1. The van der Waals surface area contributed by atoms with Gasteiger partial charge in [0.25, 0.3) is 0 Å². The van der Waals surface area contributed by atoms with E-state index in [9.17, 15) is 0 Å². The number of aromatic nitrogens is 3. The van der Waals surface area contributed by atoms with E-state index < -0.39 is 0 Å². The molecular weight excluding hydrogens is 236 g/mol. The number of anilines is 1. The van der Waals surface area contributed by atoms with Gasteiger partial charge in [0.2, 0.25) is 0 Å². The molecule has 0 saturated heterocycles. The van der Waals surface area contributed by atoms with Crippen LogP contribution in [0.1, 0.15) is 18.5 Å². The molecule has 4 nitrogen and oxygen atoms in total. The molecule has 2 heterocycles. The summed E-state index contributed by atoms with van der Waals surface area (Å²) in [6.07, 6.45) is 5.09. The van der Waals surface area contributed by atoms with Crippen molar-refractivity contribution in [1.29, 1.82) is 0 Å². The molecule has 0 aliphatic carbocycles. The molecule has 3 aromatic rings. The zero-order valence-electron chi connectivity index (χ0n) is 10.6. The smallest absolute Gasteiger partial charge is 0.139 e. The summed E-state index contributed by atoms with van der Waals surface area (Å²) in [6, 6.07) is 12.3. The van der Waals surface area contributed by atoms with Crippen molar-refractivity contribution in [2.24, 2.45) is 0 Å². The molecular formula is C15H14N4. The topological polar surface area (TPSA) is 50.7 Å². The SMILES string of the molecule is CC(Nc1ncnc2ccncc12)c1ccccc1. The Morgan fingerprint density at radius 2 is 1.89 bits per heavy atom. The first kappa shape index (κ1) is 11.6. The van der Waals surface area contributed by atoms with Crippen LogP contribution in [0.25, 0.3) is 10.9 Å². The van der Waals surface area contributed by atoms with Gasteiger partial charge in [0.05, 0.1) is 10.9 Å². The van der Waals surface area contributed by atoms with E-state index in [0.29, 0.717) is 0 Å². The molecule has 1 aromatic carbocycles. The van der Waals surface area contributed by atoms with E-state index in [2.05, 4.69) is 39.3 Å². The number of fused-ring (bicyclic) bond motifs is 1. The summed E-state index contributed by atoms with van der Waals surface area (Å²) in [5.41, 5.74) is 2.12. The van der Waals surface area contributed by atoms with Crippen LogP contribution in [0.5, 0.6) is 0 Å². The molecule has 0 spiro atoms. The van der Waals surface area contributed by atoms with Crippen molar-refractivity contribution in [1.82, 2.24) is 15.0 Å². The molecule has 19 heavy (non-hydrogen) atoms. The molecule has 4 heteroatoms. The summed E-state index contributed by atoms with van der Waals surface area (Å²) in [5, 5.41) is 4.35. The summed E-state index contributed by atoms with van der Waals surface area (Å²) >= 11 is 0. The number of hydrogen-bond acceptors (Lipinski definition) is 4. The van der Waals surface area contributed by atoms with E-state index in [4.69, 9.17) is 0 Å². The lowest BCUT2D eigenvalue weighted by molar-refractivity contribution is 0.875. The van der Waals surface area contributed by atoms with Gasteiger partial charge in [-0.25, -0.2) is 9.97 Å². The highest BCUT2D eigenvalue weighted by Gasteiger charge is 2.08. The number of rotatable bonds is 3. The lowest BCUT2D eigenvalue weighted by Gasteiger charge is -2.15. The molecule has 0 amide bonds. The average Bonchev–Trinajstić information content (AvgIpc) is 2.48. The predicted molar refractivity (Wildman–Crippen MR) is 75.8 cm³/mol. The van der Waals surface area contributed by atoms with Crippen molar-refractivity contribution in [3.63, 3.8) is 0 Å². The normalized spacial score (nSPS) is 12.3. The number of pyridine rings is 1. The highest BCUT2D eigenvalue weighted by Crippen LogP contribution is 2.22. The maximum Gasteiger partial charge on any atom is 0.139 e. The zero-order chi connectivity index (χ0) is 13.1. The van der Waals surface area contributed by atoms with Gasteiger partial charge in [0.1, 0.15) is 12.1 Å². The highest BCUT2D eigenvalue weighted by atomic mass is 15.0. The first-order valence-electron chi connectivity index (χ1n) is 6.21. The van der Waals surface area contributed by atoms with Gasteiger partial charge in [0.15, 0.2) is 0 Å². The van der Waals surface area contributed by atoms with E-state index in [1.807, 2.05) is 24.3 Å². The van der Waals surface area contributed by atoms with Crippen LogP contribution in [0, 0.1) is 0 Å².